The van der Waals surface area contributed by atoms with Gasteiger partial charge in [-0.15, -0.1) is 0 Å². The van der Waals surface area contributed by atoms with Crippen LogP contribution < -0.4 is 5.32 Å². The Morgan fingerprint density at radius 1 is 1.32 bits per heavy atom. The van der Waals surface area contributed by atoms with E-state index in [1.807, 2.05) is 13.0 Å². The van der Waals surface area contributed by atoms with E-state index in [0.29, 0.717) is 11.6 Å². The summed E-state index contributed by atoms with van der Waals surface area (Å²) in [7, 11) is -3.11. The van der Waals surface area contributed by atoms with Crippen molar-refractivity contribution in [2.24, 2.45) is 0 Å². The van der Waals surface area contributed by atoms with Gasteiger partial charge in [0, 0.05) is 21.7 Å². The Kier molecular flexibility index (Phi) is 5.32. The van der Waals surface area contributed by atoms with Gasteiger partial charge in [-0.25, -0.2) is 8.42 Å². The number of sulfone groups is 1. The van der Waals surface area contributed by atoms with Crippen LogP contribution in [0.1, 0.15) is 26.3 Å². The highest BCUT2D eigenvalue weighted by atomic mass is 79.9. The fourth-order valence-corrected chi connectivity index (χ4v) is 3.15. The van der Waals surface area contributed by atoms with Gasteiger partial charge in [0.1, 0.15) is 0 Å². The minimum absolute atomic E-state index is 0.0917. The molecule has 1 aromatic rings. The number of halogens is 2. The quantitative estimate of drug-likeness (QED) is 0.872. The second-order valence-corrected chi connectivity index (χ2v) is 9.56. The predicted octanol–water partition coefficient (Wildman–Crippen LogP) is 4.04. The minimum atomic E-state index is -3.11. The van der Waals surface area contributed by atoms with E-state index in [2.05, 4.69) is 21.2 Å². The normalized spacial score (nSPS) is 12.5. The Hall–Kier alpha value is -0.260. The van der Waals surface area contributed by atoms with Gasteiger partial charge in [-0.3, -0.25) is 0 Å². The molecular formula is C13H19BrClNO2S. The molecule has 1 rings (SSSR count). The van der Waals surface area contributed by atoms with E-state index in [1.54, 1.807) is 26.8 Å². The largest absolute Gasteiger partial charge is 0.383 e. The maximum Gasteiger partial charge on any atom is 0.156 e. The first kappa shape index (κ1) is 16.8. The van der Waals surface area contributed by atoms with Crippen molar-refractivity contribution in [1.82, 2.24) is 0 Å². The molecule has 108 valence electrons. The molecule has 1 N–H and O–H groups in total. The molecule has 0 aliphatic heterocycles. The molecule has 0 amide bonds. The summed E-state index contributed by atoms with van der Waals surface area (Å²) in [5.41, 5.74) is 1.78. The molecule has 0 atom stereocenters. The smallest absolute Gasteiger partial charge is 0.156 e. The monoisotopic (exact) mass is 367 g/mol. The molecule has 0 aliphatic rings. The Balaban J connectivity index is 2.72. The third kappa shape index (κ3) is 4.36. The third-order valence-electron chi connectivity index (χ3n) is 2.87. The average Bonchev–Trinajstić information content (AvgIpc) is 2.23. The highest BCUT2D eigenvalue weighted by Gasteiger charge is 2.28. The average molecular weight is 369 g/mol. The number of benzene rings is 1. The second kappa shape index (κ2) is 6.02. The van der Waals surface area contributed by atoms with E-state index in [0.717, 1.165) is 15.7 Å². The van der Waals surface area contributed by atoms with Crippen molar-refractivity contribution in [2.45, 2.75) is 32.4 Å². The fourth-order valence-electron chi connectivity index (χ4n) is 1.41. The van der Waals surface area contributed by atoms with Crippen LogP contribution in [-0.2, 0) is 9.84 Å². The lowest BCUT2D eigenvalue weighted by Gasteiger charge is -2.19. The molecule has 0 saturated carbocycles. The molecule has 0 aromatic heterocycles. The number of rotatable bonds is 4. The summed E-state index contributed by atoms with van der Waals surface area (Å²) < 4.78 is 24.1. The number of aryl methyl sites for hydroxylation is 1. The summed E-state index contributed by atoms with van der Waals surface area (Å²) in [4.78, 5) is 0. The van der Waals surface area contributed by atoms with Gasteiger partial charge >= 0.3 is 0 Å². The number of hydrogen-bond acceptors (Lipinski definition) is 3. The van der Waals surface area contributed by atoms with Crippen LogP contribution in [0.25, 0.3) is 0 Å². The van der Waals surface area contributed by atoms with Crippen LogP contribution >= 0.6 is 27.5 Å². The topological polar surface area (TPSA) is 46.2 Å². The van der Waals surface area contributed by atoms with Gasteiger partial charge in [-0.1, -0.05) is 11.6 Å². The lowest BCUT2D eigenvalue weighted by atomic mass is 10.2. The van der Waals surface area contributed by atoms with Gasteiger partial charge in [0.2, 0.25) is 0 Å². The molecule has 0 saturated heterocycles. The van der Waals surface area contributed by atoms with Gasteiger partial charge in [0.05, 0.1) is 10.5 Å². The summed E-state index contributed by atoms with van der Waals surface area (Å²) in [6, 6.07) is 3.70. The molecular weight excluding hydrogens is 350 g/mol. The van der Waals surface area contributed by atoms with E-state index in [9.17, 15) is 8.42 Å². The van der Waals surface area contributed by atoms with Crippen LogP contribution in [0.2, 0.25) is 5.02 Å². The zero-order valence-corrected chi connectivity index (χ0v) is 14.7. The second-order valence-electron chi connectivity index (χ2n) is 5.44. The van der Waals surface area contributed by atoms with Crippen molar-refractivity contribution in [1.29, 1.82) is 0 Å². The fraction of sp³-hybridized carbons (Fsp3) is 0.538. The molecule has 0 bridgehead atoms. The van der Waals surface area contributed by atoms with Gasteiger partial charge in [-0.2, -0.15) is 0 Å². The molecule has 0 spiro atoms. The SMILES string of the molecule is Cc1cc(Br)c(NCCS(=O)(=O)C(C)(C)C)cc1Cl. The molecule has 0 radical (unpaired) electrons. The molecule has 0 unspecified atom stereocenters. The summed E-state index contributed by atoms with van der Waals surface area (Å²) in [6.45, 7) is 7.40. The number of hydrogen-bond donors (Lipinski definition) is 1. The first-order valence-electron chi connectivity index (χ1n) is 5.96. The van der Waals surface area contributed by atoms with Crippen molar-refractivity contribution in [3.8, 4) is 0 Å². The zero-order chi connectivity index (χ0) is 14.8. The Labute approximate surface area is 128 Å². The van der Waals surface area contributed by atoms with Gasteiger partial charge < -0.3 is 5.32 Å². The standard InChI is InChI=1S/C13H19BrClNO2S/c1-9-7-10(14)12(8-11(9)15)16-5-6-19(17,18)13(2,3)4/h7-8,16H,5-6H2,1-4H3. The summed E-state index contributed by atoms with van der Waals surface area (Å²) in [5.74, 6) is 0.0917. The van der Waals surface area contributed by atoms with E-state index >= 15 is 0 Å². The van der Waals surface area contributed by atoms with Crippen LogP contribution in [0.15, 0.2) is 16.6 Å². The van der Waals surface area contributed by atoms with E-state index in [4.69, 9.17) is 11.6 Å². The van der Waals surface area contributed by atoms with E-state index in [1.165, 1.54) is 0 Å². The molecule has 3 nitrogen and oxygen atoms in total. The van der Waals surface area contributed by atoms with Crippen molar-refractivity contribution in [2.75, 3.05) is 17.6 Å². The maximum absolute atomic E-state index is 12.0. The van der Waals surface area contributed by atoms with Crippen molar-refractivity contribution >= 4 is 43.1 Å². The Bertz CT molecular complexity index is 565. The van der Waals surface area contributed by atoms with Crippen LogP contribution in [0.4, 0.5) is 5.69 Å². The predicted molar refractivity (Wildman–Crippen MR) is 85.9 cm³/mol. The van der Waals surface area contributed by atoms with Crippen LogP contribution in [0.5, 0.6) is 0 Å². The van der Waals surface area contributed by atoms with Crippen LogP contribution in [0.3, 0.4) is 0 Å². The zero-order valence-electron chi connectivity index (χ0n) is 11.5. The summed E-state index contributed by atoms with van der Waals surface area (Å²) in [6.07, 6.45) is 0. The minimum Gasteiger partial charge on any atom is -0.383 e. The Morgan fingerprint density at radius 2 is 1.89 bits per heavy atom. The van der Waals surface area contributed by atoms with E-state index in [-0.39, 0.29) is 5.75 Å². The molecule has 0 fully saturated rings. The highest BCUT2D eigenvalue weighted by molar-refractivity contribution is 9.10. The molecule has 1 aromatic carbocycles. The lowest BCUT2D eigenvalue weighted by Crippen LogP contribution is -2.32. The van der Waals surface area contributed by atoms with Crippen molar-refractivity contribution < 1.29 is 8.42 Å². The van der Waals surface area contributed by atoms with Crippen LogP contribution in [0, 0.1) is 6.92 Å². The van der Waals surface area contributed by atoms with E-state index < -0.39 is 14.6 Å². The maximum atomic E-state index is 12.0. The van der Waals surface area contributed by atoms with Gasteiger partial charge in [0.25, 0.3) is 0 Å². The van der Waals surface area contributed by atoms with Gasteiger partial charge in [0.15, 0.2) is 9.84 Å². The number of anilines is 1. The van der Waals surface area contributed by atoms with Crippen LogP contribution in [-0.4, -0.2) is 25.5 Å². The summed E-state index contributed by atoms with van der Waals surface area (Å²) >= 11 is 9.48. The molecule has 0 heterocycles. The van der Waals surface area contributed by atoms with Crippen molar-refractivity contribution in [3.05, 3.63) is 27.2 Å². The summed E-state index contributed by atoms with van der Waals surface area (Å²) in [5, 5.41) is 3.76. The van der Waals surface area contributed by atoms with Crippen molar-refractivity contribution in [3.63, 3.8) is 0 Å². The third-order valence-corrected chi connectivity index (χ3v) is 6.54. The highest BCUT2D eigenvalue weighted by Crippen LogP contribution is 2.29. The molecule has 19 heavy (non-hydrogen) atoms. The first-order chi connectivity index (χ1) is 8.54. The molecule has 6 heteroatoms. The molecule has 0 aliphatic carbocycles. The Morgan fingerprint density at radius 3 is 2.42 bits per heavy atom. The van der Waals surface area contributed by atoms with Gasteiger partial charge in [-0.05, 0) is 61.3 Å². The lowest BCUT2D eigenvalue weighted by molar-refractivity contribution is 0.560. The number of nitrogens with one attached hydrogen (secondary N) is 1. The first-order valence-corrected chi connectivity index (χ1v) is 8.79.